The van der Waals surface area contributed by atoms with E-state index in [1.807, 2.05) is 37.2 Å². The van der Waals surface area contributed by atoms with E-state index >= 15 is 0 Å². The number of nitrogens with one attached hydrogen (secondary N) is 2. The van der Waals surface area contributed by atoms with E-state index in [1.54, 1.807) is 6.07 Å². The Morgan fingerprint density at radius 3 is 2.70 bits per heavy atom. The molecular formula is C13H19N3O3S. The molecule has 1 atom stereocenters. The molecule has 0 bridgehead atoms. The average Bonchev–Trinajstić information content (AvgIpc) is 2.68. The molecule has 0 radical (unpaired) electrons. The highest BCUT2D eigenvalue weighted by atomic mass is 32.2. The maximum Gasteiger partial charge on any atom is 0.319 e. The highest BCUT2D eigenvalue weighted by Crippen LogP contribution is 2.17. The Bertz CT molecular complexity index is 599. The summed E-state index contributed by atoms with van der Waals surface area (Å²) in [5.74, 6) is 0.173. The lowest BCUT2D eigenvalue weighted by atomic mass is 10.2. The summed E-state index contributed by atoms with van der Waals surface area (Å²) in [5.41, 5.74) is 1.65. The smallest absolute Gasteiger partial charge is 0.319 e. The van der Waals surface area contributed by atoms with Crippen molar-refractivity contribution in [1.29, 1.82) is 0 Å². The first-order valence-corrected chi connectivity index (χ1v) is 8.23. The summed E-state index contributed by atoms with van der Waals surface area (Å²) in [6, 6.07) is 6.76. The van der Waals surface area contributed by atoms with Gasteiger partial charge in [0.1, 0.15) is 0 Å². The van der Waals surface area contributed by atoms with Crippen LogP contribution in [0.25, 0.3) is 0 Å². The van der Waals surface area contributed by atoms with Gasteiger partial charge in [-0.05, 0) is 24.6 Å². The maximum atomic E-state index is 11.8. The lowest BCUT2D eigenvalue weighted by Gasteiger charge is -2.15. The van der Waals surface area contributed by atoms with Crippen LogP contribution < -0.4 is 15.5 Å². The molecule has 2 N–H and O–H groups in total. The van der Waals surface area contributed by atoms with E-state index < -0.39 is 9.84 Å². The van der Waals surface area contributed by atoms with Crippen LogP contribution in [0.5, 0.6) is 0 Å². The van der Waals surface area contributed by atoms with Crippen LogP contribution in [0.4, 0.5) is 16.2 Å². The van der Waals surface area contributed by atoms with Crippen molar-refractivity contribution >= 4 is 27.2 Å². The van der Waals surface area contributed by atoms with Gasteiger partial charge in [-0.1, -0.05) is 6.07 Å². The number of carbonyl (C=O) groups is 1. The highest BCUT2D eigenvalue weighted by Gasteiger charge is 2.28. The van der Waals surface area contributed by atoms with Gasteiger partial charge in [0.05, 0.1) is 11.5 Å². The van der Waals surface area contributed by atoms with E-state index in [1.165, 1.54) is 0 Å². The molecule has 1 aromatic carbocycles. The molecular weight excluding hydrogens is 278 g/mol. The molecule has 1 saturated heterocycles. The van der Waals surface area contributed by atoms with Crippen molar-refractivity contribution in [3.8, 4) is 0 Å². The van der Waals surface area contributed by atoms with Crippen LogP contribution in [0.3, 0.4) is 0 Å². The van der Waals surface area contributed by atoms with Gasteiger partial charge in [0, 0.05) is 31.5 Å². The monoisotopic (exact) mass is 297 g/mol. The molecule has 0 saturated carbocycles. The highest BCUT2D eigenvalue weighted by molar-refractivity contribution is 7.91. The number of carbonyl (C=O) groups excluding carboxylic acids is 1. The first kappa shape index (κ1) is 14.6. The Morgan fingerprint density at radius 2 is 2.10 bits per heavy atom. The van der Waals surface area contributed by atoms with Crippen molar-refractivity contribution in [3.05, 3.63) is 24.3 Å². The summed E-state index contributed by atoms with van der Waals surface area (Å²) >= 11 is 0. The SMILES string of the molecule is CN(C)c1cccc(NC(=O)N[C@H]2CCS(=O)(=O)C2)c1. The van der Waals surface area contributed by atoms with Crippen LogP contribution in [0.15, 0.2) is 24.3 Å². The van der Waals surface area contributed by atoms with Gasteiger partial charge in [0.2, 0.25) is 0 Å². The molecule has 6 nitrogen and oxygen atoms in total. The molecule has 1 aliphatic rings. The molecule has 0 spiro atoms. The number of anilines is 2. The lowest BCUT2D eigenvalue weighted by molar-refractivity contribution is 0.249. The molecule has 0 unspecified atom stereocenters. The van der Waals surface area contributed by atoms with Crippen LogP contribution in [-0.2, 0) is 9.84 Å². The van der Waals surface area contributed by atoms with Crippen LogP contribution in [0, 0.1) is 0 Å². The first-order valence-electron chi connectivity index (χ1n) is 6.41. The zero-order valence-corrected chi connectivity index (χ0v) is 12.4. The van der Waals surface area contributed by atoms with E-state index in [0.29, 0.717) is 12.1 Å². The van der Waals surface area contributed by atoms with Gasteiger partial charge in [-0.15, -0.1) is 0 Å². The fraction of sp³-hybridized carbons (Fsp3) is 0.462. The number of hydrogen-bond acceptors (Lipinski definition) is 4. The largest absolute Gasteiger partial charge is 0.378 e. The predicted molar refractivity (Wildman–Crippen MR) is 80.0 cm³/mol. The number of urea groups is 1. The van der Waals surface area contributed by atoms with Crippen molar-refractivity contribution in [1.82, 2.24) is 5.32 Å². The minimum Gasteiger partial charge on any atom is -0.378 e. The second-order valence-corrected chi connectivity index (χ2v) is 7.37. The Morgan fingerprint density at radius 1 is 1.35 bits per heavy atom. The third kappa shape index (κ3) is 3.86. The Labute approximate surface area is 119 Å². The Balaban J connectivity index is 1.93. The molecule has 0 aliphatic carbocycles. The summed E-state index contributed by atoms with van der Waals surface area (Å²) in [7, 11) is 0.857. The van der Waals surface area contributed by atoms with Gasteiger partial charge < -0.3 is 15.5 Å². The van der Waals surface area contributed by atoms with Gasteiger partial charge in [-0.3, -0.25) is 0 Å². The predicted octanol–water partition coefficient (Wildman–Crippen LogP) is 1.06. The fourth-order valence-corrected chi connectivity index (χ4v) is 3.80. The molecule has 2 amide bonds. The quantitative estimate of drug-likeness (QED) is 0.874. The van der Waals surface area contributed by atoms with E-state index in [2.05, 4.69) is 10.6 Å². The fourth-order valence-electron chi connectivity index (χ4n) is 2.12. The zero-order chi connectivity index (χ0) is 14.8. The van der Waals surface area contributed by atoms with Crippen LogP contribution >= 0.6 is 0 Å². The number of amides is 2. The van der Waals surface area contributed by atoms with Crippen molar-refractivity contribution in [2.45, 2.75) is 12.5 Å². The second kappa shape index (κ2) is 5.70. The average molecular weight is 297 g/mol. The van der Waals surface area contributed by atoms with Crippen molar-refractivity contribution < 1.29 is 13.2 Å². The van der Waals surface area contributed by atoms with Gasteiger partial charge in [0.25, 0.3) is 0 Å². The topological polar surface area (TPSA) is 78.5 Å². The molecule has 1 aromatic rings. The van der Waals surface area contributed by atoms with Gasteiger partial charge in [0.15, 0.2) is 9.84 Å². The summed E-state index contributed by atoms with van der Waals surface area (Å²) in [6.45, 7) is 0. The molecule has 0 aromatic heterocycles. The van der Waals surface area contributed by atoms with Crippen molar-refractivity contribution in [2.75, 3.05) is 35.8 Å². The van der Waals surface area contributed by atoms with Crippen LogP contribution in [-0.4, -0.2) is 46.1 Å². The van der Waals surface area contributed by atoms with Crippen LogP contribution in [0.2, 0.25) is 0 Å². The zero-order valence-electron chi connectivity index (χ0n) is 11.6. The maximum absolute atomic E-state index is 11.8. The number of hydrogen-bond donors (Lipinski definition) is 2. The van der Waals surface area contributed by atoms with E-state index in [0.717, 1.165) is 5.69 Å². The minimum absolute atomic E-state index is 0.0259. The molecule has 1 heterocycles. The Hall–Kier alpha value is -1.76. The number of nitrogens with zero attached hydrogens (tertiary/aromatic N) is 1. The molecule has 20 heavy (non-hydrogen) atoms. The molecule has 1 aliphatic heterocycles. The van der Waals surface area contributed by atoms with Gasteiger partial charge >= 0.3 is 6.03 Å². The molecule has 7 heteroatoms. The van der Waals surface area contributed by atoms with Gasteiger partial charge in [-0.2, -0.15) is 0 Å². The molecule has 110 valence electrons. The van der Waals surface area contributed by atoms with Crippen molar-refractivity contribution in [3.63, 3.8) is 0 Å². The summed E-state index contributed by atoms with van der Waals surface area (Å²) in [4.78, 5) is 13.8. The number of benzene rings is 1. The number of rotatable bonds is 3. The van der Waals surface area contributed by atoms with E-state index in [4.69, 9.17) is 0 Å². The molecule has 2 rings (SSSR count). The third-order valence-electron chi connectivity index (χ3n) is 3.19. The van der Waals surface area contributed by atoms with Gasteiger partial charge in [-0.25, -0.2) is 13.2 Å². The van der Waals surface area contributed by atoms with E-state index in [-0.39, 0.29) is 23.6 Å². The summed E-state index contributed by atoms with van der Waals surface area (Å²) in [5, 5.41) is 5.41. The normalized spacial score (nSPS) is 20.4. The molecule has 1 fully saturated rings. The van der Waals surface area contributed by atoms with E-state index in [9.17, 15) is 13.2 Å². The first-order chi connectivity index (χ1) is 9.35. The Kier molecular flexibility index (Phi) is 4.17. The standard InChI is InChI=1S/C13H19N3O3S/c1-16(2)12-5-3-4-10(8-12)14-13(17)15-11-6-7-20(18,19)9-11/h3-5,8,11H,6-7,9H2,1-2H3,(H2,14,15,17)/t11-/m0/s1. The minimum atomic E-state index is -2.98. The lowest BCUT2D eigenvalue weighted by Crippen LogP contribution is -2.38. The summed E-state index contributed by atoms with van der Waals surface area (Å²) < 4.78 is 22.6. The van der Waals surface area contributed by atoms with Crippen LogP contribution in [0.1, 0.15) is 6.42 Å². The summed E-state index contributed by atoms with van der Waals surface area (Å²) in [6.07, 6.45) is 0.480. The second-order valence-electron chi connectivity index (χ2n) is 5.14. The van der Waals surface area contributed by atoms with Crippen molar-refractivity contribution in [2.24, 2.45) is 0 Å². The number of sulfone groups is 1. The third-order valence-corrected chi connectivity index (χ3v) is 4.96.